The Balaban J connectivity index is 1.94. The topological polar surface area (TPSA) is 70.7 Å². The molecule has 0 aliphatic rings. The Hall–Kier alpha value is -2.70. The minimum absolute atomic E-state index is 0.126. The lowest BCUT2D eigenvalue weighted by Crippen LogP contribution is -2.45. The van der Waals surface area contributed by atoms with Crippen molar-refractivity contribution in [2.75, 3.05) is 26.8 Å². The monoisotopic (exact) mass is 355 g/mol. The molecule has 0 saturated carbocycles. The fourth-order valence-corrected chi connectivity index (χ4v) is 2.53. The normalized spacial score (nSPS) is 10.5. The van der Waals surface area contributed by atoms with Gasteiger partial charge in [-0.05, 0) is 11.1 Å². The zero-order valence-electron chi connectivity index (χ0n) is 15.0. The first kappa shape index (κ1) is 19.6. The summed E-state index contributed by atoms with van der Waals surface area (Å²) >= 11 is 0. The van der Waals surface area contributed by atoms with Gasteiger partial charge in [0.2, 0.25) is 5.91 Å². The van der Waals surface area contributed by atoms with E-state index in [1.54, 1.807) is 7.11 Å². The number of hydrogen-bond acceptors (Lipinski definition) is 4. The maximum Gasteiger partial charge on any atom is 0.321 e. The molecule has 0 aliphatic heterocycles. The van der Waals surface area contributed by atoms with E-state index in [4.69, 9.17) is 4.74 Å². The Morgan fingerprint density at radius 3 is 1.96 bits per heavy atom. The molecule has 0 heterocycles. The summed E-state index contributed by atoms with van der Waals surface area (Å²) in [7, 11) is 1.55. The lowest BCUT2D eigenvalue weighted by Gasteiger charge is -2.22. The van der Waals surface area contributed by atoms with Gasteiger partial charge in [0.15, 0.2) is 0 Å². The molecule has 6 heteroatoms. The van der Waals surface area contributed by atoms with Crippen LogP contribution in [0.4, 0.5) is 4.79 Å². The first-order chi connectivity index (χ1) is 12.7. The van der Waals surface area contributed by atoms with E-state index in [2.05, 4.69) is 10.6 Å². The molecular formula is C20H25N3O3. The number of carbonyl (C=O) groups is 2. The molecule has 2 N–H and O–H groups in total. The summed E-state index contributed by atoms with van der Waals surface area (Å²) in [6.07, 6.45) is 0. The molecule has 0 fully saturated rings. The van der Waals surface area contributed by atoms with Gasteiger partial charge in [-0.15, -0.1) is 0 Å². The number of imide groups is 1. The minimum Gasteiger partial charge on any atom is -0.383 e. The van der Waals surface area contributed by atoms with Crippen LogP contribution < -0.4 is 10.6 Å². The van der Waals surface area contributed by atoms with Gasteiger partial charge >= 0.3 is 6.03 Å². The van der Waals surface area contributed by atoms with Gasteiger partial charge in [0.05, 0.1) is 13.2 Å². The first-order valence-electron chi connectivity index (χ1n) is 8.54. The zero-order valence-corrected chi connectivity index (χ0v) is 15.0. The van der Waals surface area contributed by atoms with Gasteiger partial charge in [-0.3, -0.25) is 15.0 Å². The minimum atomic E-state index is -0.508. The molecule has 0 radical (unpaired) electrons. The summed E-state index contributed by atoms with van der Waals surface area (Å²) in [6, 6.07) is 19.4. The third-order valence-corrected chi connectivity index (χ3v) is 3.71. The van der Waals surface area contributed by atoms with Gasteiger partial charge in [-0.2, -0.15) is 0 Å². The SMILES string of the molecule is COCCNC(=O)NC(=O)CN(Cc1ccccc1)Cc1ccccc1. The number of nitrogens with one attached hydrogen (secondary N) is 2. The Morgan fingerprint density at radius 2 is 1.46 bits per heavy atom. The van der Waals surface area contributed by atoms with Crippen molar-refractivity contribution in [2.45, 2.75) is 13.1 Å². The molecule has 0 aromatic heterocycles. The highest BCUT2D eigenvalue weighted by molar-refractivity contribution is 5.95. The maximum absolute atomic E-state index is 12.2. The molecule has 0 spiro atoms. The highest BCUT2D eigenvalue weighted by Gasteiger charge is 2.14. The van der Waals surface area contributed by atoms with Crippen LogP contribution in [-0.2, 0) is 22.6 Å². The van der Waals surface area contributed by atoms with Crippen LogP contribution in [0, 0.1) is 0 Å². The Morgan fingerprint density at radius 1 is 0.923 bits per heavy atom. The number of rotatable bonds is 9. The predicted molar refractivity (Wildman–Crippen MR) is 100 cm³/mol. The van der Waals surface area contributed by atoms with Crippen molar-refractivity contribution in [2.24, 2.45) is 0 Å². The average Bonchev–Trinajstić information content (AvgIpc) is 2.63. The fraction of sp³-hybridized carbons (Fsp3) is 0.300. The molecule has 26 heavy (non-hydrogen) atoms. The predicted octanol–water partition coefficient (Wildman–Crippen LogP) is 2.16. The molecular weight excluding hydrogens is 330 g/mol. The third kappa shape index (κ3) is 7.46. The highest BCUT2D eigenvalue weighted by atomic mass is 16.5. The first-order valence-corrected chi connectivity index (χ1v) is 8.54. The standard InChI is InChI=1S/C20H25N3O3/c1-26-13-12-21-20(25)22-19(24)16-23(14-17-8-4-2-5-9-17)15-18-10-6-3-7-11-18/h2-11H,12-16H2,1H3,(H2,21,22,24,25). The summed E-state index contributed by atoms with van der Waals surface area (Å²) < 4.78 is 4.86. The molecule has 0 atom stereocenters. The van der Waals surface area contributed by atoms with Crippen molar-refractivity contribution < 1.29 is 14.3 Å². The zero-order chi connectivity index (χ0) is 18.6. The maximum atomic E-state index is 12.2. The summed E-state index contributed by atoms with van der Waals surface area (Å²) in [5, 5.41) is 4.93. The lowest BCUT2D eigenvalue weighted by atomic mass is 10.1. The van der Waals surface area contributed by atoms with Crippen molar-refractivity contribution in [3.05, 3.63) is 71.8 Å². The lowest BCUT2D eigenvalue weighted by molar-refractivity contribution is -0.121. The van der Waals surface area contributed by atoms with Crippen LogP contribution in [0.15, 0.2) is 60.7 Å². The number of ether oxygens (including phenoxy) is 1. The van der Waals surface area contributed by atoms with E-state index in [-0.39, 0.29) is 12.5 Å². The van der Waals surface area contributed by atoms with Crippen LogP contribution in [0.1, 0.15) is 11.1 Å². The van der Waals surface area contributed by atoms with Crippen molar-refractivity contribution in [1.29, 1.82) is 0 Å². The van der Waals surface area contributed by atoms with Crippen LogP contribution in [0.3, 0.4) is 0 Å². The van der Waals surface area contributed by atoms with Gasteiger partial charge in [0, 0.05) is 26.7 Å². The molecule has 3 amide bonds. The molecule has 0 bridgehead atoms. The van der Waals surface area contributed by atoms with E-state index in [1.807, 2.05) is 65.6 Å². The molecule has 6 nitrogen and oxygen atoms in total. The Bertz CT molecular complexity index is 636. The van der Waals surface area contributed by atoms with E-state index < -0.39 is 6.03 Å². The average molecular weight is 355 g/mol. The largest absolute Gasteiger partial charge is 0.383 e. The van der Waals surface area contributed by atoms with Gasteiger partial charge in [0.25, 0.3) is 0 Å². The van der Waals surface area contributed by atoms with Crippen molar-refractivity contribution in [3.8, 4) is 0 Å². The summed E-state index contributed by atoms with van der Waals surface area (Å²) in [6.45, 7) is 2.12. The molecule has 0 unspecified atom stereocenters. The molecule has 0 saturated heterocycles. The fourth-order valence-electron chi connectivity index (χ4n) is 2.53. The van der Waals surface area contributed by atoms with E-state index in [9.17, 15) is 9.59 Å². The number of hydrogen-bond donors (Lipinski definition) is 2. The quantitative estimate of drug-likeness (QED) is 0.676. The molecule has 138 valence electrons. The summed E-state index contributed by atoms with van der Waals surface area (Å²) in [5.74, 6) is -0.341. The number of urea groups is 1. The van der Waals surface area contributed by atoms with E-state index in [0.29, 0.717) is 26.2 Å². The molecule has 2 rings (SSSR count). The van der Waals surface area contributed by atoms with Gasteiger partial charge in [0.1, 0.15) is 0 Å². The Kier molecular flexibility index (Phi) is 8.32. The number of carbonyl (C=O) groups excluding carboxylic acids is 2. The smallest absolute Gasteiger partial charge is 0.321 e. The van der Waals surface area contributed by atoms with Crippen LogP contribution in [-0.4, -0.2) is 43.6 Å². The van der Waals surface area contributed by atoms with Crippen LogP contribution in [0.25, 0.3) is 0 Å². The van der Waals surface area contributed by atoms with Gasteiger partial charge in [-0.1, -0.05) is 60.7 Å². The van der Waals surface area contributed by atoms with Crippen LogP contribution in [0.5, 0.6) is 0 Å². The van der Waals surface area contributed by atoms with E-state index in [1.165, 1.54) is 0 Å². The van der Waals surface area contributed by atoms with E-state index >= 15 is 0 Å². The number of amides is 3. The summed E-state index contributed by atoms with van der Waals surface area (Å²) in [5.41, 5.74) is 2.22. The molecule has 0 aliphatic carbocycles. The van der Waals surface area contributed by atoms with E-state index in [0.717, 1.165) is 11.1 Å². The van der Waals surface area contributed by atoms with Crippen LogP contribution in [0.2, 0.25) is 0 Å². The van der Waals surface area contributed by atoms with Crippen molar-refractivity contribution in [1.82, 2.24) is 15.5 Å². The van der Waals surface area contributed by atoms with Gasteiger partial charge in [-0.25, -0.2) is 4.79 Å². The number of nitrogens with zero attached hydrogens (tertiary/aromatic N) is 1. The number of benzene rings is 2. The van der Waals surface area contributed by atoms with Gasteiger partial charge < -0.3 is 10.1 Å². The van der Waals surface area contributed by atoms with Crippen molar-refractivity contribution >= 4 is 11.9 Å². The second-order valence-corrected chi connectivity index (χ2v) is 5.91. The summed E-state index contributed by atoms with van der Waals surface area (Å²) in [4.78, 5) is 25.9. The van der Waals surface area contributed by atoms with Crippen molar-refractivity contribution in [3.63, 3.8) is 0 Å². The Labute approximate surface area is 154 Å². The molecule has 2 aromatic rings. The second kappa shape index (κ2) is 11.0. The molecule has 2 aromatic carbocycles. The highest BCUT2D eigenvalue weighted by Crippen LogP contribution is 2.09. The third-order valence-electron chi connectivity index (χ3n) is 3.71. The number of methoxy groups -OCH3 is 1. The second-order valence-electron chi connectivity index (χ2n) is 5.91. The van der Waals surface area contributed by atoms with Crippen LogP contribution >= 0.6 is 0 Å².